The van der Waals surface area contributed by atoms with E-state index in [9.17, 15) is 9.18 Å². The third-order valence-corrected chi connectivity index (χ3v) is 4.38. The van der Waals surface area contributed by atoms with E-state index in [-0.39, 0.29) is 30.6 Å². The molecule has 0 atom stereocenters. The van der Waals surface area contributed by atoms with E-state index in [1.54, 1.807) is 25.1 Å². The van der Waals surface area contributed by atoms with Crippen molar-refractivity contribution in [1.29, 1.82) is 0 Å². The molecule has 1 amide bonds. The van der Waals surface area contributed by atoms with Crippen molar-refractivity contribution in [2.75, 3.05) is 5.32 Å². The molecule has 2 heterocycles. The SMILES string of the molecule is Cc1onc(C(=O)Nc2ncn(Cc3ccccc3F)n2)c1COc1ccccc1. The van der Waals surface area contributed by atoms with Crippen molar-refractivity contribution >= 4 is 11.9 Å². The van der Waals surface area contributed by atoms with Gasteiger partial charge in [0, 0.05) is 5.56 Å². The van der Waals surface area contributed by atoms with Gasteiger partial charge in [0.15, 0.2) is 5.69 Å². The molecular formula is C21H18FN5O3. The first-order valence-electron chi connectivity index (χ1n) is 9.17. The summed E-state index contributed by atoms with van der Waals surface area (Å²) >= 11 is 0. The maximum atomic E-state index is 13.8. The molecule has 9 heteroatoms. The zero-order valence-electron chi connectivity index (χ0n) is 16.1. The van der Waals surface area contributed by atoms with Crippen LogP contribution in [0.3, 0.4) is 0 Å². The molecule has 0 fully saturated rings. The predicted octanol–water partition coefficient (Wildman–Crippen LogP) is 3.59. The normalized spacial score (nSPS) is 10.7. The molecule has 0 unspecified atom stereocenters. The van der Waals surface area contributed by atoms with Crippen LogP contribution in [-0.4, -0.2) is 25.8 Å². The van der Waals surface area contributed by atoms with Gasteiger partial charge in [0.1, 0.15) is 30.3 Å². The highest BCUT2D eigenvalue weighted by Gasteiger charge is 2.21. The van der Waals surface area contributed by atoms with Crippen molar-refractivity contribution in [2.45, 2.75) is 20.1 Å². The number of carbonyl (C=O) groups is 1. The van der Waals surface area contributed by atoms with Crippen LogP contribution in [0.1, 0.15) is 27.4 Å². The minimum Gasteiger partial charge on any atom is -0.489 e. The van der Waals surface area contributed by atoms with Crippen LogP contribution in [0.4, 0.5) is 10.3 Å². The van der Waals surface area contributed by atoms with E-state index < -0.39 is 5.91 Å². The molecule has 30 heavy (non-hydrogen) atoms. The monoisotopic (exact) mass is 407 g/mol. The summed E-state index contributed by atoms with van der Waals surface area (Å²) in [5, 5.41) is 10.6. The Hall–Kier alpha value is -4.01. The summed E-state index contributed by atoms with van der Waals surface area (Å²) < 4.78 is 26.1. The number of hydrogen-bond donors (Lipinski definition) is 1. The minimum absolute atomic E-state index is 0.0759. The summed E-state index contributed by atoms with van der Waals surface area (Å²) in [7, 11) is 0. The number of anilines is 1. The van der Waals surface area contributed by atoms with Gasteiger partial charge in [-0.25, -0.2) is 14.1 Å². The molecule has 0 bridgehead atoms. The fraction of sp³-hybridized carbons (Fsp3) is 0.143. The first kappa shape index (κ1) is 19.3. The highest BCUT2D eigenvalue weighted by molar-refractivity contribution is 6.02. The Bertz CT molecular complexity index is 1160. The van der Waals surface area contributed by atoms with Crippen LogP contribution in [0.15, 0.2) is 65.4 Å². The highest BCUT2D eigenvalue weighted by Crippen LogP contribution is 2.18. The molecule has 4 rings (SSSR count). The lowest BCUT2D eigenvalue weighted by atomic mass is 10.2. The van der Waals surface area contributed by atoms with Gasteiger partial charge in [-0.1, -0.05) is 41.6 Å². The standard InChI is InChI=1S/C21H18FN5O3/c1-14-17(12-29-16-8-3-2-4-9-16)19(26-30-14)20(28)24-21-23-13-27(25-21)11-15-7-5-6-10-18(15)22/h2-10,13H,11-12H2,1H3,(H,24,25,28). The Labute approximate surface area is 171 Å². The first-order chi connectivity index (χ1) is 14.6. The number of ether oxygens (including phenoxy) is 1. The molecule has 0 saturated carbocycles. The fourth-order valence-corrected chi connectivity index (χ4v) is 2.80. The number of nitrogens with one attached hydrogen (secondary N) is 1. The second-order valence-corrected chi connectivity index (χ2v) is 6.48. The van der Waals surface area contributed by atoms with Crippen molar-refractivity contribution in [1.82, 2.24) is 19.9 Å². The molecule has 8 nitrogen and oxygen atoms in total. The number of halogens is 1. The summed E-state index contributed by atoms with van der Waals surface area (Å²) in [4.78, 5) is 16.7. The molecule has 2 aromatic heterocycles. The third-order valence-electron chi connectivity index (χ3n) is 4.38. The van der Waals surface area contributed by atoms with Crippen LogP contribution in [-0.2, 0) is 13.2 Å². The number of benzene rings is 2. The number of aromatic nitrogens is 4. The number of hydrogen-bond acceptors (Lipinski definition) is 6. The number of rotatable bonds is 7. The topological polar surface area (TPSA) is 95.1 Å². The molecular weight excluding hydrogens is 389 g/mol. The zero-order chi connectivity index (χ0) is 20.9. The summed E-state index contributed by atoms with van der Waals surface area (Å²) in [6.45, 7) is 2.01. The summed E-state index contributed by atoms with van der Waals surface area (Å²) in [6, 6.07) is 15.6. The van der Waals surface area contributed by atoms with Gasteiger partial charge in [0.25, 0.3) is 5.91 Å². The second kappa shape index (κ2) is 8.56. The van der Waals surface area contributed by atoms with Gasteiger partial charge in [0.2, 0.25) is 5.95 Å². The number of carbonyl (C=O) groups excluding carboxylic acids is 1. The molecule has 0 aliphatic carbocycles. The zero-order valence-corrected chi connectivity index (χ0v) is 16.1. The molecule has 0 aliphatic rings. The molecule has 0 spiro atoms. The van der Waals surface area contributed by atoms with Gasteiger partial charge < -0.3 is 9.26 Å². The quantitative estimate of drug-likeness (QED) is 0.503. The number of amides is 1. The lowest BCUT2D eigenvalue weighted by Crippen LogP contribution is -2.16. The van der Waals surface area contributed by atoms with Crippen LogP contribution in [0.25, 0.3) is 0 Å². The molecule has 0 saturated heterocycles. The van der Waals surface area contributed by atoms with Gasteiger partial charge in [0.05, 0.1) is 12.1 Å². The molecule has 2 aromatic carbocycles. The smallest absolute Gasteiger partial charge is 0.280 e. The first-order valence-corrected chi connectivity index (χ1v) is 9.17. The predicted molar refractivity (Wildman–Crippen MR) is 105 cm³/mol. The van der Waals surface area contributed by atoms with Gasteiger partial charge in [-0.15, -0.1) is 5.10 Å². The van der Waals surface area contributed by atoms with Crippen LogP contribution in [0.5, 0.6) is 5.75 Å². The van der Waals surface area contributed by atoms with Crippen molar-refractivity contribution in [3.8, 4) is 5.75 Å². The van der Waals surface area contributed by atoms with Crippen LogP contribution in [0.2, 0.25) is 0 Å². The van der Waals surface area contributed by atoms with Crippen molar-refractivity contribution < 1.29 is 18.4 Å². The Morgan fingerprint density at radius 3 is 2.73 bits per heavy atom. The van der Waals surface area contributed by atoms with E-state index >= 15 is 0 Å². The van der Waals surface area contributed by atoms with Crippen molar-refractivity contribution in [3.63, 3.8) is 0 Å². The Kier molecular flexibility index (Phi) is 5.51. The highest BCUT2D eigenvalue weighted by atomic mass is 19.1. The summed E-state index contributed by atoms with van der Waals surface area (Å²) in [5.74, 6) is 0.362. The van der Waals surface area contributed by atoms with E-state index in [0.29, 0.717) is 22.6 Å². The summed E-state index contributed by atoms with van der Waals surface area (Å²) in [6.07, 6.45) is 1.41. The van der Waals surface area contributed by atoms with E-state index in [1.807, 2.05) is 30.3 Å². The van der Waals surface area contributed by atoms with Crippen LogP contribution in [0, 0.1) is 12.7 Å². The Balaban J connectivity index is 1.43. The van der Waals surface area contributed by atoms with Crippen molar-refractivity contribution in [3.05, 3.63) is 89.3 Å². The van der Waals surface area contributed by atoms with E-state index in [0.717, 1.165) is 0 Å². The minimum atomic E-state index is -0.526. The number of aryl methyl sites for hydroxylation is 1. The number of nitrogens with zero attached hydrogens (tertiary/aromatic N) is 4. The van der Waals surface area contributed by atoms with E-state index in [1.165, 1.54) is 17.1 Å². The third kappa shape index (κ3) is 4.35. The lowest BCUT2D eigenvalue weighted by Gasteiger charge is -2.06. The van der Waals surface area contributed by atoms with Crippen LogP contribution < -0.4 is 10.1 Å². The molecule has 4 aromatic rings. The maximum Gasteiger partial charge on any atom is 0.280 e. The Morgan fingerprint density at radius 1 is 1.17 bits per heavy atom. The maximum absolute atomic E-state index is 13.8. The van der Waals surface area contributed by atoms with Gasteiger partial charge in [-0.2, -0.15) is 0 Å². The molecule has 152 valence electrons. The average molecular weight is 407 g/mol. The van der Waals surface area contributed by atoms with Gasteiger partial charge in [-0.05, 0) is 25.1 Å². The average Bonchev–Trinajstić information content (AvgIpc) is 3.35. The van der Waals surface area contributed by atoms with Crippen LogP contribution >= 0.6 is 0 Å². The number of para-hydroxylation sites is 1. The second-order valence-electron chi connectivity index (χ2n) is 6.48. The van der Waals surface area contributed by atoms with Crippen molar-refractivity contribution in [2.24, 2.45) is 0 Å². The van der Waals surface area contributed by atoms with E-state index in [2.05, 4.69) is 20.6 Å². The van der Waals surface area contributed by atoms with E-state index in [4.69, 9.17) is 9.26 Å². The van der Waals surface area contributed by atoms with Gasteiger partial charge >= 0.3 is 0 Å². The summed E-state index contributed by atoms with van der Waals surface area (Å²) in [5.41, 5.74) is 1.09. The van der Waals surface area contributed by atoms with Gasteiger partial charge in [-0.3, -0.25) is 10.1 Å². The fourth-order valence-electron chi connectivity index (χ4n) is 2.80. The molecule has 0 radical (unpaired) electrons. The molecule has 1 N–H and O–H groups in total. The Morgan fingerprint density at radius 2 is 1.93 bits per heavy atom. The molecule has 0 aliphatic heterocycles. The lowest BCUT2D eigenvalue weighted by molar-refractivity contribution is 0.101. The largest absolute Gasteiger partial charge is 0.489 e.